The standard InChI is InChI=1S/C15H30N4/c1-3-19-10-6-7-13(12-19)11-17-15(16-2)18-14-8-4-5-9-14/h13-14H,3-12H2,1-2H3,(H2,16,17,18). The van der Waals surface area contributed by atoms with Gasteiger partial charge in [-0.05, 0) is 44.7 Å². The van der Waals surface area contributed by atoms with Crippen LogP contribution < -0.4 is 10.6 Å². The van der Waals surface area contributed by atoms with Gasteiger partial charge in [0.15, 0.2) is 5.96 Å². The molecular weight excluding hydrogens is 236 g/mol. The number of guanidine groups is 1. The van der Waals surface area contributed by atoms with Crippen molar-refractivity contribution in [2.24, 2.45) is 10.9 Å². The zero-order valence-corrected chi connectivity index (χ0v) is 12.6. The molecule has 0 radical (unpaired) electrons. The van der Waals surface area contributed by atoms with Gasteiger partial charge in [-0.3, -0.25) is 4.99 Å². The minimum Gasteiger partial charge on any atom is -0.356 e. The van der Waals surface area contributed by atoms with Crippen molar-refractivity contribution in [2.75, 3.05) is 33.2 Å². The molecule has 1 aliphatic carbocycles. The predicted molar refractivity (Wildman–Crippen MR) is 81.6 cm³/mol. The molecule has 4 nitrogen and oxygen atoms in total. The van der Waals surface area contributed by atoms with Gasteiger partial charge < -0.3 is 15.5 Å². The van der Waals surface area contributed by atoms with Crippen molar-refractivity contribution in [3.05, 3.63) is 0 Å². The summed E-state index contributed by atoms with van der Waals surface area (Å²) in [5.41, 5.74) is 0. The van der Waals surface area contributed by atoms with E-state index in [0.29, 0.717) is 6.04 Å². The van der Waals surface area contributed by atoms with Crippen LogP contribution in [-0.4, -0.2) is 50.1 Å². The highest BCUT2D eigenvalue weighted by atomic mass is 15.2. The Bertz CT molecular complexity index is 284. The molecule has 0 spiro atoms. The number of likely N-dealkylation sites (tertiary alicyclic amines) is 1. The Morgan fingerprint density at radius 2 is 2.00 bits per heavy atom. The second-order valence-electron chi connectivity index (χ2n) is 5.98. The highest BCUT2D eigenvalue weighted by Gasteiger charge is 2.20. The molecule has 2 fully saturated rings. The molecule has 0 bridgehead atoms. The Morgan fingerprint density at radius 1 is 1.21 bits per heavy atom. The van der Waals surface area contributed by atoms with Crippen molar-refractivity contribution < 1.29 is 0 Å². The molecule has 110 valence electrons. The topological polar surface area (TPSA) is 39.7 Å². The van der Waals surface area contributed by atoms with Crippen LogP contribution in [-0.2, 0) is 0 Å². The third kappa shape index (κ3) is 4.68. The van der Waals surface area contributed by atoms with Crippen LogP contribution in [0.1, 0.15) is 45.4 Å². The summed E-state index contributed by atoms with van der Waals surface area (Å²) in [5, 5.41) is 7.08. The zero-order valence-electron chi connectivity index (χ0n) is 12.6. The van der Waals surface area contributed by atoms with Crippen LogP contribution in [0.5, 0.6) is 0 Å². The van der Waals surface area contributed by atoms with E-state index in [2.05, 4.69) is 27.4 Å². The Kier molecular flexibility index (Phi) is 5.95. The maximum atomic E-state index is 4.36. The fourth-order valence-electron chi connectivity index (χ4n) is 3.30. The Morgan fingerprint density at radius 3 is 2.68 bits per heavy atom. The summed E-state index contributed by atoms with van der Waals surface area (Å²) in [7, 11) is 1.88. The van der Waals surface area contributed by atoms with Gasteiger partial charge in [-0.2, -0.15) is 0 Å². The minimum absolute atomic E-state index is 0.643. The van der Waals surface area contributed by atoms with E-state index >= 15 is 0 Å². The fraction of sp³-hybridized carbons (Fsp3) is 0.933. The molecular formula is C15H30N4. The molecule has 1 saturated carbocycles. The van der Waals surface area contributed by atoms with E-state index in [-0.39, 0.29) is 0 Å². The molecule has 0 amide bonds. The number of rotatable bonds is 4. The summed E-state index contributed by atoms with van der Waals surface area (Å²) in [5.74, 6) is 1.77. The van der Waals surface area contributed by atoms with Gasteiger partial charge in [-0.15, -0.1) is 0 Å². The van der Waals surface area contributed by atoms with Crippen LogP contribution >= 0.6 is 0 Å². The van der Waals surface area contributed by atoms with E-state index in [9.17, 15) is 0 Å². The Balaban J connectivity index is 1.70. The van der Waals surface area contributed by atoms with E-state index in [4.69, 9.17) is 0 Å². The van der Waals surface area contributed by atoms with Crippen LogP contribution in [0.4, 0.5) is 0 Å². The molecule has 0 aromatic heterocycles. The molecule has 1 atom stereocenters. The van der Waals surface area contributed by atoms with Crippen LogP contribution in [0.15, 0.2) is 4.99 Å². The first-order chi connectivity index (χ1) is 9.31. The van der Waals surface area contributed by atoms with Crippen LogP contribution in [0, 0.1) is 5.92 Å². The molecule has 1 heterocycles. The lowest BCUT2D eigenvalue weighted by Gasteiger charge is -2.32. The normalized spacial score (nSPS) is 26.6. The summed E-state index contributed by atoms with van der Waals surface area (Å²) >= 11 is 0. The fourth-order valence-corrected chi connectivity index (χ4v) is 3.30. The van der Waals surface area contributed by atoms with Crippen molar-refractivity contribution in [2.45, 2.75) is 51.5 Å². The first-order valence-corrected chi connectivity index (χ1v) is 8.01. The van der Waals surface area contributed by atoms with E-state index in [1.165, 1.54) is 58.2 Å². The van der Waals surface area contributed by atoms with E-state index in [1.54, 1.807) is 0 Å². The maximum Gasteiger partial charge on any atom is 0.191 e. The second kappa shape index (κ2) is 7.73. The quantitative estimate of drug-likeness (QED) is 0.602. The average molecular weight is 266 g/mol. The molecule has 1 unspecified atom stereocenters. The summed E-state index contributed by atoms with van der Waals surface area (Å²) < 4.78 is 0. The van der Waals surface area contributed by atoms with Gasteiger partial charge in [0.25, 0.3) is 0 Å². The van der Waals surface area contributed by atoms with Gasteiger partial charge in [0.2, 0.25) is 0 Å². The predicted octanol–water partition coefficient (Wildman–Crippen LogP) is 1.83. The van der Waals surface area contributed by atoms with Crippen LogP contribution in [0.2, 0.25) is 0 Å². The highest BCUT2D eigenvalue weighted by molar-refractivity contribution is 5.79. The van der Waals surface area contributed by atoms with Gasteiger partial charge in [0.05, 0.1) is 0 Å². The van der Waals surface area contributed by atoms with Gasteiger partial charge in [-0.1, -0.05) is 19.8 Å². The number of hydrogen-bond acceptors (Lipinski definition) is 2. The number of piperidine rings is 1. The first-order valence-electron chi connectivity index (χ1n) is 8.01. The lowest BCUT2D eigenvalue weighted by Crippen LogP contribution is -2.46. The van der Waals surface area contributed by atoms with Crippen LogP contribution in [0.3, 0.4) is 0 Å². The van der Waals surface area contributed by atoms with Gasteiger partial charge >= 0.3 is 0 Å². The van der Waals surface area contributed by atoms with E-state index in [1.807, 2.05) is 7.05 Å². The number of nitrogens with zero attached hydrogens (tertiary/aromatic N) is 2. The third-order valence-electron chi connectivity index (χ3n) is 4.53. The molecule has 0 aromatic rings. The molecule has 2 aliphatic rings. The lowest BCUT2D eigenvalue weighted by molar-refractivity contribution is 0.183. The zero-order chi connectivity index (χ0) is 13.5. The van der Waals surface area contributed by atoms with Gasteiger partial charge in [-0.25, -0.2) is 0 Å². The SMILES string of the molecule is CCN1CCCC(CNC(=NC)NC2CCCC2)C1. The van der Waals surface area contributed by atoms with Gasteiger partial charge in [0.1, 0.15) is 0 Å². The van der Waals surface area contributed by atoms with Gasteiger partial charge in [0, 0.05) is 26.2 Å². The number of hydrogen-bond donors (Lipinski definition) is 2. The van der Waals surface area contributed by atoms with Crippen molar-refractivity contribution in [1.29, 1.82) is 0 Å². The molecule has 0 aromatic carbocycles. The number of aliphatic imine (C=N–C) groups is 1. The summed E-state index contributed by atoms with van der Waals surface area (Å²) in [6.45, 7) is 7.02. The van der Waals surface area contributed by atoms with Crippen molar-refractivity contribution in [3.63, 3.8) is 0 Å². The van der Waals surface area contributed by atoms with Crippen molar-refractivity contribution in [1.82, 2.24) is 15.5 Å². The minimum atomic E-state index is 0.643. The molecule has 1 saturated heterocycles. The van der Waals surface area contributed by atoms with Crippen molar-refractivity contribution in [3.8, 4) is 0 Å². The summed E-state index contributed by atoms with van der Waals surface area (Å²) in [6.07, 6.45) is 8.02. The van der Waals surface area contributed by atoms with E-state index < -0.39 is 0 Å². The molecule has 2 N–H and O–H groups in total. The lowest BCUT2D eigenvalue weighted by atomic mass is 9.98. The maximum absolute atomic E-state index is 4.36. The summed E-state index contributed by atoms with van der Waals surface area (Å²) in [4.78, 5) is 6.91. The van der Waals surface area contributed by atoms with Crippen molar-refractivity contribution >= 4 is 5.96 Å². The number of nitrogens with one attached hydrogen (secondary N) is 2. The highest BCUT2D eigenvalue weighted by Crippen LogP contribution is 2.18. The largest absolute Gasteiger partial charge is 0.356 e. The monoisotopic (exact) mass is 266 g/mol. The molecule has 19 heavy (non-hydrogen) atoms. The smallest absolute Gasteiger partial charge is 0.191 e. The Hall–Kier alpha value is -0.770. The average Bonchev–Trinajstić information content (AvgIpc) is 2.96. The molecule has 4 heteroatoms. The first kappa shape index (κ1) is 14.6. The molecule has 2 rings (SSSR count). The van der Waals surface area contributed by atoms with Crippen LogP contribution in [0.25, 0.3) is 0 Å². The van der Waals surface area contributed by atoms with E-state index in [0.717, 1.165) is 18.4 Å². The summed E-state index contributed by atoms with van der Waals surface area (Å²) in [6, 6.07) is 0.643. The Labute approximate surface area is 118 Å². The third-order valence-corrected chi connectivity index (χ3v) is 4.53. The second-order valence-corrected chi connectivity index (χ2v) is 5.98. The molecule has 1 aliphatic heterocycles.